The van der Waals surface area contributed by atoms with Crippen LogP contribution in [0.25, 0.3) is 0 Å². The smallest absolute Gasteiger partial charge is 0.177 e. The first-order valence-electron chi connectivity index (χ1n) is 1.68. The zero-order valence-corrected chi connectivity index (χ0v) is 3.94. The van der Waals surface area contributed by atoms with E-state index in [2.05, 4.69) is 16.9 Å². The standard InChI is InChI=1S/C2H6BN.H4N2/c1-2-4-3;1-2/h4H,2H2,1H3;1-2H2. The number of nitrogens with one attached hydrogen (secondary N) is 1. The Morgan fingerprint density at radius 1 is 1.67 bits per heavy atom. The van der Waals surface area contributed by atoms with Gasteiger partial charge < -0.3 is 5.23 Å². The van der Waals surface area contributed by atoms with Crippen LogP contribution in [-0.4, -0.2) is 14.5 Å². The van der Waals surface area contributed by atoms with Crippen LogP contribution in [0.5, 0.6) is 0 Å². The lowest BCUT2D eigenvalue weighted by molar-refractivity contribution is 1.02. The normalized spacial score (nSPS) is 5.83. The molecule has 0 spiro atoms. The lowest BCUT2D eigenvalue weighted by atomic mass is 10.4. The van der Waals surface area contributed by atoms with Crippen molar-refractivity contribution in [3.8, 4) is 0 Å². The fourth-order valence-electron chi connectivity index (χ4n) is 0. The Labute approximate surface area is 39.5 Å². The van der Waals surface area contributed by atoms with Crippen molar-refractivity contribution >= 4 is 7.98 Å². The zero-order valence-electron chi connectivity index (χ0n) is 3.94. The summed E-state index contributed by atoms with van der Waals surface area (Å²) in [6.07, 6.45) is 0. The number of hydrazine groups is 1. The molecule has 0 bridgehead atoms. The maximum Gasteiger partial charge on any atom is 0.177 e. The van der Waals surface area contributed by atoms with Crippen LogP contribution in [0.15, 0.2) is 0 Å². The first kappa shape index (κ1) is 9.34. The molecule has 0 aromatic heterocycles. The second-order valence-electron chi connectivity index (χ2n) is 0.558. The van der Waals surface area contributed by atoms with Gasteiger partial charge in [0, 0.05) is 0 Å². The highest BCUT2D eigenvalue weighted by atomic mass is 15.0. The molecule has 0 aliphatic heterocycles. The van der Waals surface area contributed by atoms with E-state index in [0.717, 1.165) is 6.54 Å². The lowest BCUT2D eigenvalue weighted by Gasteiger charge is -1.75. The van der Waals surface area contributed by atoms with Crippen molar-refractivity contribution in [3.63, 3.8) is 0 Å². The molecule has 0 atom stereocenters. The van der Waals surface area contributed by atoms with Crippen LogP contribution >= 0.6 is 0 Å². The molecule has 5 N–H and O–H groups in total. The summed E-state index contributed by atoms with van der Waals surface area (Å²) in [5, 5.41) is 2.43. The van der Waals surface area contributed by atoms with Crippen LogP contribution in [-0.2, 0) is 0 Å². The van der Waals surface area contributed by atoms with Gasteiger partial charge >= 0.3 is 0 Å². The minimum absolute atomic E-state index is 0.847. The van der Waals surface area contributed by atoms with Crippen molar-refractivity contribution in [2.45, 2.75) is 6.92 Å². The van der Waals surface area contributed by atoms with Gasteiger partial charge in [-0.15, -0.1) is 0 Å². The van der Waals surface area contributed by atoms with Gasteiger partial charge in [-0.05, 0) is 6.54 Å². The van der Waals surface area contributed by atoms with Gasteiger partial charge in [0.05, 0.1) is 0 Å². The summed E-state index contributed by atoms with van der Waals surface area (Å²) < 4.78 is 0. The van der Waals surface area contributed by atoms with Crippen LogP contribution in [0.3, 0.4) is 0 Å². The number of rotatable bonds is 1. The third-order valence-corrected chi connectivity index (χ3v) is 0.204. The van der Waals surface area contributed by atoms with Crippen LogP contribution in [0.4, 0.5) is 0 Å². The quantitative estimate of drug-likeness (QED) is 0.207. The van der Waals surface area contributed by atoms with Gasteiger partial charge in [0.2, 0.25) is 0 Å². The Morgan fingerprint density at radius 3 is 1.83 bits per heavy atom. The van der Waals surface area contributed by atoms with Crippen molar-refractivity contribution in [3.05, 3.63) is 0 Å². The molecule has 0 saturated carbocycles. The Bertz CT molecular complexity index is 10.8. The fraction of sp³-hybridized carbons (Fsp3) is 1.00. The summed E-state index contributed by atoms with van der Waals surface area (Å²) in [7, 11) is 4.78. The first-order chi connectivity index (χ1) is 2.91. The SMILES string of the molecule is NN.[B]NCC. The Balaban J connectivity index is 0. The Kier molecular flexibility index (Phi) is 31.7. The van der Waals surface area contributed by atoms with Gasteiger partial charge in [-0.1, -0.05) is 6.92 Å². The molecule has 0 unspecified atom stereocenters. The highest BCUT2D eigenvalue weighted by Gasteiger charge is 1.51. The molecule has 0 aliphatic rings. The van der Waals surface area contributed by atoms with E-state index in [1.807, 2.05) is 6.92 Å². The predicted molar refractivity (Wildman–Crippen MR) is 27.8 cm³/mol. The maximum absolute atomic E-state index is 4.78. The molecule has 3 nitrogen and oxygen atoms in total. The Morgan fingerprint density at radius 2 is 1.83 bits per heavy atom. The summed E-state index contributed by atoms with van der Waals surface area (Å²) in [6.45, 7) is 2.79. The van der Waals surface area contributed by atoms with Crippen LogP contribution in [0, 0.1) is 0 Å². The number of hydrogen-bond donors (Lipinski definition) is 3. The lowest BCUT2D eigenvalue weighted by Crippen LogP contribution is -2.04. The summed E-state index contributed by atoms with van der Waals surface area (Å²) in [4.78, 5) is 0. The largest absolute Gasteiger partial charge is 0.366 e. The summed E-state index contributed by atoms with van der Waals surface area (Å²) in [5.41, 5.74) is 0. The fourth-order valence-corrected chi connectivity index (χ4v) is 0. The van der Waals surface area contributed by atoms with Crippen molar-refractivity contribution in [2.75, 3.05) is 6.54 Å². The third kappa shape index (κ3) is 38.3. The molecule has 0 aromatic rings. The number of hydrogen-bond acceptors (Lipinski definition) is 3. The molecule has 0 fully saturated rings. The minimum Gasteiger partial charge on any atom is -0.366 e. The third-order valence-electron chi connectivity index (χ3n) is 0.204. The van der Waals surface area contributed by atoms with Gasteiger partial charge in [0.1, 0.15) is 0 Å². The molecule has 0 rings (SSSR count). The average molecular weight is 86.9 g/mol. The predicted octanol–water partition coefficient (Wildman–Crippen LogP) is -1.50. The first-order valence-corrected chi connectivity index (χ1v) is 1.68. The topological polar surface area (TPSA) is 64.1 Å². The summed E-state index contributed by atoms with van der Waals surface area (Å²) in [6, 6.07) is 0. The van der Waals surface area contributed by atoms with E-state index in [9.17, 15) is 0 Å². The Hall–Kier alpha value is -0.0551. The second kappa shape index (κ2) is 20.3. The zero-order chi connectivity index (χ0) is 5.41. The van der Waals surface area contributed by atoms with E-state index in [1.54, 1.807) is 0 Å². The van der Waals surface area contributed by atoms with Gasteiger partial charge in [-0.2, -0.15) is 0 Å². The molecule has 0 saturated heterocycles. The molecule has 0 aliphatic carbocycles. The van der Waals surface area contributed by atoms with E-state index in [0.29, 0.717) is 0 Å². The molecule has 0 amide bonds. The monoisotopic (exact) mass is 87.1 g/mol. The second-order valence-corrected chi connectivity index (χ2v) is 0.558. The van der Waals surface area contributed by atoms with Crippen molar-refractivity contribution in [1.82, 2.24) is 5.23 Å². The highest BCUT2D eigenvalue weighted by Crippen LogP contribution is 1.33. The van der Waals surface area contributed by atoms with E-state index in [1.165, 1.54) is 0 Å². The molecular formula is C2H10BN3. The molecule has 0 heterocycles. The van der Waals surface area contributed by atoms with Gasteiger partial charge in [-0.3, -0.25) is 11.7 Å². The highest BCUT2D eigenvalue weighted by molar-refractivity contribution is 6.04. The van der Waals surface area contributed by atoms with Gasteiger partial charge in [0.15, 0.2) is 7.98 Å². The minimum atomic E-state index is 0.847. The molecule has 36 valence electrons. The van der Waals surface area contributed by atoms with Crippen molar-refractivity contribution < 1.29 is 0 Å². The molecule has 2 radical (unpaired) electrons. The van der Waals surface area contributed by atoms with Crippen LogP contribution in [0.1, 0.15) is 6.92 Å². The summed E-state index contributed by atoms with van der Waals surface area (Å²) in [5.74, 6) is 8.00. The van der Waals surface area contributed by atoms with Gasteiger partial charge in [-0.25, -0.2) is 0 Å². The van der Waals surface area contributed by atoms with Crippen molar-refractivity contribution in [2.24, 2.45) is 11.7 Å². The molecular weight excluding hydrogens is 76.9 g/mol. The van der Waals surface area contributed by atoms with Crippen LogP contribution in [0.2, 0.25) is 0 Å². The molecule has 6 heavy (non-hydrogen) atoms. The van der Waals surface area contributed by atoms with E-state index in [4.69, 9.17) is 7.98 Å². The molecule has 4 heteroatoms. The average Bonchev–Trinajstić information content (AvgIpc) is 1.72. The van der Waals surface area contributed by atoms with E-state index >= 15 is 0 Å². The van der Waals surface area contributed by atoms with Crippen molar-refractivity contribution in [1.29, 1.82) is 0 Å². The van der Waals surface area contributed by atoms with E-state index < -0.39 is 0 Å². The molecule has 0 aromatic carbocycles. The number of nitrogens with two attached hydrogens (primary N) is 2. The summed E-state index contributed by atoms with van der Waals surface area (Å²) >= 11 is 0. The van der Waals surface area contributed by atoms with Gasteiger partial charge in [0.25, 0.3) is 0 Å². The maximum atomic E-state index is 4.78. The van der Waals surface area contributed by atoms with E-state index in [-0.39, 0.29) is 0 Å². The van der Waals surface area contributed by atoms with Crippen LogP contribution < -0.4 is 16.9 Å².